The Hall–Kier alpha value is -2.15. The van der Waals surface area contributed by atoms with Gasteiger partial charge in [-0.05, 0) is 19.4 Å². The second kappa shape index (κ2) is 8.47. The molecular formula is C16H21FN2O3S. The summed E-state index contributed by atoms with van der Waals surface area (Å²) in [7, 11) is -3.87. The quantitative estimate of drug-likeness (QED) is 0.748. The number of allylic oxidation sites excluding steroid dienone is 3. The molecule has 1 unspecified atom stereocenters. The normalized spacial score (nSPS) is 14.0. The molecule has 0 aliphatic rings. The van der Waals surface area contributed by atoms with Crippen molar-refractivity contribution in [1.29, 1.82) is 0 Å². The third kappa shape index (κ3) is 5.86. The van der Waals surface area contributed by atoms with Crippen LogP contribution in [0.5, 0.6) is 0 Å². The van der Waals surface area contributed by atoms with E-state index in [0.717, 1.165) is 18.1 Å². The lowest BCUT2D eigenvalue weighted by molar-refractivity contribution is 0.247. The van der Waals surface area contributed by atoms with E-state index in [1.54, 1.807) is 6.08 Å². The summed E-state index contributed by atoms with van der Waals surface area (Å²) in [5.41, 5.74) is 5.82. The number of urea groups is 1. The smallest absolute Gasteiger partial charge is 0.313 e. The predicted molar refractivity (Wildman–Crippen MR) is 88.8 cm³/mol. The maximum absolute atomic E-state index is 13.9. The zero-order chi connectivity index (χ0) is 17.5. The lowest BCUT2D eigenvalue weighted by Crippen LogP contribution is -2.38. The maximum Gasteiger partial charge on any atom is 0.313 e. The molecule has 1 rings (SSSR count). The Morgan fingerprint density at radius 2 is 2.04 bits per heavy atom. The average Bonchev–Trinajstić information content (AvgIpc) is 2.45. The molecule has 7 heteroatoms. The van der Waals surface area contributed by atoms with Gasteiger partial charge in [-0.2, -0.15) is 0 Å². The first kappa shape index (κ1) is 18.9. The van der Waals surface area contributed by atoms with Crippen molar-refractivity contribution in [3.8, 4) is 0 Å². The summed E-state index contributed by atoms with van der Waals surface area (Å²) in [4.78, 5) is 11.1. The van der Waals surface area contributed by atoms with Crippen molar-refractivity contribution in [1.82, 2.24) is 5.32 Å². The number of amides is 2. The zero-order valence-electron chi connectivity index (χ0n) is 13.1. The van der Waals surface area contributed by atoms with E-state index in [2.05, 4.69) is 5.32 Å². The minimum Gasteiger partial charge on any atom is -0.352 e. The number of halogens is 1. The first-order chi connectivity index (χ1) is 10.8. The van der Waals surface area contributed by atoms with Crippen LogP contribution in [0.1, 0.15) is 31.2 Å². The summed E-state index contributed by atoms with van der Waals surface area (Å²) in [5.74, 6) is -1.07. The molecule has 23 heavy (non-hydrogen) atoms. The fourth-order valence-corrected chi connectivity index (χ4v) is 3.46. The van der Waals surface area contributed by atoms with Gasteiger partial charge in [-0.15, -0.1) is 0 Å². The SMILES string of the molecule is CC/C=C(C)\C=C/CS(=O)(=O)C(NC(N)=O)c1ccccc1F. The van der Waals surface area contributed by atoms with E-state index < -0.39 is 27.1 Å². The molecule has 0 heterocycles. The number of carbonyl (C=O) groups is 1. The number of nitrogens with one attached hydrogen (secondary N) is 1. The summed E-state index contributed by atoms with van der Waals surface area (Å²) in [6, 6.07) is 4.33. The number of benzene rings is 1. The number of primary amides is 1. The van der Waals surface area contributed by atoms with Gasteiger partial charge < -0.3 is 11.1 Å². The largest absolute Gasteiger partial charge is 0.352 e. The van der Waals surface area contributed by atoms with Crippen LogP contribution in [0.4, 0.5) is 9.18 Å². The van der Waals surface area contributed by atoms with E-state index in [4.69, 9.17) is 5.73 Å². The number of carbonyl (C=O) groups excluding carboxylic acids is 1. The summed E-state index contributed by atoms with van der Waals surface area (Å²) in [5, 5.41) is 0.576. The molecule has 0 saturated carbocycles. The van der Waals surface area contributed by atoms with Crippen molar-refractivity contribution in [2.24, 2.45) is 5.73 Å². The molecule has 0 aromatic heterocycles. The number of nitrogens with two attached hydrogens (primary N) is 1. The number of sulfone groups is 1. The molecule has 2 amide bonds. The third-order valence-corrected chi connectivity index (χ3v) is 4.80. The van der Waals surface area contributed by atoms with Crippen LogP contribution in [-0.2, 0) is 9.84 Å². The van der Waals surface area contributed by atoms with E-state index in [-0.39, 0.29) is 11.3 Å². The van der Waals surface area contributed by atoms with Crippen LogP contribution in [-0.4, -0.2) is 20.2 Å². The van der Waals surface area contributed by atoms with Crippen molar-refractivity contribution in [2.75, 3.05) is 5.75 Å². The molecular weight excluding hydrogens is 319 g/mol. The van der Waals surface area contributed by atoms with Gasteiger partial charge in [0.25, 0.3) is 0 Å². The van der Waals surface area contributed by atoms with E-state index in [1.807, 2.05) is 19.9 Å². The Labute approximate surface area is 136 Å². The van der Waals surface area contributed by atoms with Gasteiger partial charge in [0.15, 0.2) is 15.2 Å². The number of rotatable bonds is 7. The van der Waals surface area contributed by atoms with Crippen LogP contribution in [0, 0.1) is 5.82 Å². The van der Waals surface area contributed by atoms with Crippen molar-refractivity contribution >= 4 is 15.9 Å². The Morgan fingerprint density at radius 1 is 1.39 bits per heavy atom. The number of hydrogen-bond donors (Lipinski definition) is 2. The van der Waals surface area contributed by atoms with Crippen LogP contribution in [0.2, 0.25) is 0 Å². The van der Waals surface area contributed by atoms with Crippen LogP contribution in [0.25, 0.3) is 0 Å². The summed E-state index contributed by atoms with van der Waals surface area (Å²) >= 11 is 0. The highest BCUT2D eigenvalue weighted by Crippen LogP contribution is 2.23. The molecule has 0 radical (unpaired) electrons. The monoisotopic (exact) mass is 340 g/mol. The minimum atomic E-state index is -3.87. The maximum atomic E-state index is 13.9. The lowest BCUT2D eigenvalue weighted by Gasteiger charge is -2.18. The van der Waals surface area contributed by atoms with Crippen LogP contribution >= 0.6 is 0 Å². The van der Waals surface area contributed by atoms with Gasteiger partial charge in [-0.1, -0.05) is 48.9 Å². The molecule has 126 valence electrons. The van der Waals surface area contributed by atoms with Gasteiger partial charge >= 0.3 is 6.03 Å². The molecule has 1 aromatic rings. The molecule has 1 atom stereocenters. The summed E-state index contributed by atoms with van der Waals surface area (Å²) in [6.45, 7) is 3.82. The predicted octanol–water partition coefficient (Wildman–Crippen LogP) is 2.82. The molecule has 0 spiro atoms. The van der Waals surface area contributed by atoms with Crippen molar-refractivity contribution in [3.63, 3.8) is 0 Å². The van der Waals surface area contributed by atoms with Gasteiger partial charge in [0, 0.05) is 5.56 Å². The first-order valence-electron chi connectivity index (χ1n) is 7.13. The van der Waals surface area contributed by atoms with Gasteiger partial charge in [0.05, 0.1) is 5.75 Å². The highest BCUT2D eigenvalue weighted by Gasteiger charge is 2.29. The molecule has 0 bridgehead atoms. The van der Waals surface area contributed by atoms with Gasteiger partial charge in [-0.3, -0.25) is 0 Å². The van der Waals surface area contributed by atoms with E-state index in [9.17, 15) is 17.6 Å². The molecule has 3 N–H and O–H groups in total. The van der Waals surface area contributed by atoms with Crippen molar-refractivity contribution in [3.05, 3.63) is 59.4 Å². The Bertz CT molecular complexity index is 712. The van der Waals surface area contributed by atoms with Gasteiger partial charge in [-0.25, -0.2) is 17.6 Å². The Balaban J connectivity index is 3.09. The Morgan fingerprint density at radius 3 is 2.61 bits per heavy atom. The summed E-state index contributed by atoms with van der Waals surface area (Å²) in [6.07, 6.45) is 5.92. The molecule has 5 nitrogen and oxygen atoms in total. The topological polar surface area (TPSA) is 89.3 Å². The Kier molecular flexibility index (Phi) is 6.96. The second-order valence-electron chi connectivity index (χ2n) is 5.00. The minimum absolute atomic E-state index is 0.138. The van der Waals surface area contributed by atoms with Gasteiger partial charge in [0.2, 0.25) is 0 Å². The fraction of sp³-hybridized carbons (Fsp3) is 0.312. The molecule has 0 saturated heterocycles. The number of hydrogen-bond acceptors (Lipinski definition) is 3. The molecule has 0 aliphatic carbocycles. The highest BCUT2D eigenvalue weighted by molar-refractivity contribution is 7.91. The average molecular weight is 340 g/mol. The fourth-order valence-electron chi connectivity index (χ4n) is 2.03. The van der Waals surface area contributed by atoms with Crippen LogP contribution in [0.15, 0.2) is 48.1 Å². The second-order valence-corrected chi connectivity index (χ2v) is 7.13. The van der Waals surface area contributed by atoms with Gasteiger partial charge in [0.1, 0.15) is 5.82 Å². The molecule has 0 fully saturated rings. The highest BCUT2D eigenvalue weighted by atomic mass is 32.2. The van der Waals surface area contributed by atoms with E-state index >= 15 is 0 Å². The van der Waals surface area contributed by atoms with Crippen LogP contribution in [0.3, 0.4) is 0 Å². The van der Waals surface area contributed by atoms with Crippen molar-refractivity contribution in [2.45, 2.75) is 25.6 Å². The molecule has 1 aromatic carbocycles. The van der Waals surface area contributed by atoms with Crippen LogP contribution < -0.4 is 11.1 Å². The van der Waals surface area contributed by atoms with Crippen molar-refractivity contribution < 1.29 is 17.6 Å². The third-order valence-electron chi connectivity index (χ3n) is 3.06. The van der Waals surface area contributed by atoms with E-state index in [0.29, 0.717) is 0 Å². The lowest BCUT2D eigenvalue weighted by atomic mass is 10.2. The zero-order valence-corrected chi connectivity index (χ0v) is 13.9. The standard InChI is InChI=1S/C16H21FN2O3S/c1-3-7-12(2)8-6-11-23(21,22)15(19-16(18)20)13-9-4-5-10-14(13)17/h4-10,15H,3,11H2,1-2H3,(H3,18,19,20)/b8-6-,12-7-. The first-order valence-corrected chi connectivity index (χ1v) is 8.84. The summed E-state index contributed by atoms with van der Waals surface area (Å²) < 4.78 is 38.8. The van der Waals surface area contributed by atoms with E-state index in [1.165, 1.54) is 24.3 Å². The molecule has 0 aliphatic heterocycles.